The Labute approximate surface area is 126 Å². The maximum Gasteiger partial charge on any atom is 0.0947 e. The Balaban J connectivity index is 1.70. The molecule has 2 heterocycles. The second-order valence-electron chi connectivity index (χ2n) is 5.25. The van der Waals surface area contributed by atoms with Gasteiger partial charge in [0.25, 0.3) is 0 Å². The Kier molecular flexibility index (Phi) is 4.08. The number of rotatable bonds is 2. The maximum atomic E-state index is 6.05. The number of ether oxygens (including phenoxy) is 2. The van der Waals surface area contributed by atoms with Crippen LogP contribution in [-0.2, 0) is 9.47 Å². The fraction of sp³-hybridized carbons (Fsp3) is 0.571. The summed E-state index contributed by atoms with van der Waals surface area (Å²) in [4.78, 5) is 1.16. The van der Waals surface area contributed by atoms with Crippen LogP contribution in [0, 0.1) is 0 Å². The largest absolute Gasteiger partial charge is 0.398 e. The Hall–Kier alpha value is -0.230. The van der Waals surface area contributed by atoms with Crippen LogP contribution in [0.3, 0.4) is 0 Å². The van der Waals surface area contributed by atoms with Crippen LogP contribution in [0.1, 0.15) is 19.3 Å². The van der Waals surface area contributed by atoms with Crippen molar-refractivity contribution >= 4 is 33.4 Å². The molecule has 104 valence electrons. The third-order valence-corrected chi connectivity index (χ3v) is 5.62. The van der Waals surface area contributed by atoms with Gasteiger partial charge >= 0.3 is 0 Å². The van der Waals surface area contributed by atoms with E-state index in [1.165, 1.54) is 0 Å². The second-order valence-corrected chi connectivity index (χ2v) is 7.51. The van der Waals surface area contributed by atoms with Crippen LogP contribution in [0.25, 0.3) is 0 Å². The fourth-order valence-corrected chi connectivity index (χ4v) is 4.61. The maximum absolute atomic E-state index is 6.05. The molecular weight excluding hydrogens is 326 g/mol. The number of hydrogen-bond acceptors (Lipinski definition) is 4. The van der Waals surface area contributed by atoms with Crippen molar-refractivity contribution in [1.82, 2.24) is 0 Å². The van der Waals surface area contributed by atoms with E-state index in [-0.39, 0.29) is 5.60 Å². The van der Waals surface area contributed by atoms with E-state index in [1.807, 2.05) is 23.9 Å². The highest BCUT2D eigenvalue weighted by atomic mass is 79.9. The van der Waals surface area contributed by atoms with Crippen LogP contribution in [0.15, 0.2) is 27.6 Å². The first kappa shape index (κ1) is 13.7. The molecule has 2 unspecified atom stereocenters. The monoisotopic (exact) mass is 343 g/mol. The third kappa shape index (κ3) is 3.10. The molecule has 2 N–H and O–H groups in total. The first-order chi connectivity index (χ1) is 9.17. The van der Waals surface area contributed by atoms with E-state index in [2.05, 4.69) is 22.0 Å². The SMILES string of the molecule is Nc1ccc(Br)cc1SC1CCOC2(CCOC2)C1. The van der Waals surface area contributed by atoms with Crippen LogP contribution in [0.4, 0.5) is 5.69 Å². The predicted molar refractivity (Wildman–Crippen MR) is 81.6 cm³/mol. The summed E-state index contributed by atoms with van der Waals surface area (Å²) in [5, 5.41) is 0.562. The van der Waals surface area contributed by atoms with Gasteiger partial charge in [0, 0.05) is 39.9 Å². The molecule has 2 aliphatic rings. The minimum absolute atomic E-state index is 0.0311. The van der Waals surface area contributed by atoms with Gasteiger partial charge in [-0.05, 0) is 31.0 Å². The zero-order valence-electron chi connectivity index (χ0n) is 10.7. The van der Waals surface area contributed by atoms with Crippen molar-refractivity contribution in [3.05, 3.63) is 22.7 Å². The van der Waals surface area contributed by atoms with Crippen LogP contribution >= 0.6 is 27.7 Å². The Morgan fingerprint density at radius 2 is 2.26 bits per heavy atom. The minimum Gasteiger partial charge on any atom is -0.398 e. The number of benzene rings is 1. The molecule has 3 nitrogen and oxygen atoms in total. The predicted octanol–water partition coefficient (Wildman–Crippen LogP) is 3.46. The molecule has 5 heteroatoms. The molecule has 2 saturated heterocycles. The van der Waals surface area contributed by atoms with Crippen molar-refractivity contribution in [2.45, 2.75) is 35.0 Å². The summed E-state index contributed by atoms with van der Waals surface area (Å²) in [6.45, 7) is 2.41. The van der Waals surface area contributed by atoms with Crippen LogP contribution < -0.4 is 5.73 Å². The van der Waals surface area contributed by atoms with Gasteiger partial charge in [-0.1, -0.05) is 15.9 Å². The van der Waals surface area contributed by atoms with Gasteiger partial charge in [-0.15, -0.1) is 11.8 Å². The molecule has 2 atom stereocenters. The summed E-state index contributed by atoms with van der Waals surface area (Å²) in [7, 11) is 0. The standard InChI is InChI=1S/C14H18BrNO2S/c15-10-1-2-12(16)13(7-10)19-11-3-5-18-14(8-11)4-6-17-9-14/h1-2,7,11H,3-6,8-9,16H2. The molecule has 0 aromatic heterocycles. The highest BCUT2D eigenvalue weighted by Gasteiger charge is 2.41. The molecule has 19 heavy (non-hydrogen) atoms. The summed E-state index contributed by atoms with van der Waals surface area (Å²) in [5.41, 5.74) is 6.88. The molecule has 3 rings (SSSR count). The van der Waals surface area contributed by atoms with Crippen molar-refractivity contribution in [2.24, 2.45) is 0 Å². The van der Waals surface area contributed by atoms with Gasteiger partial charge < -0.3 is 15.2 Å². The average molecular weight is 344 g/mol. The number of nitrogen functional groups attached to an aromatic ring is 1. The van der Waals surface area contributed by atoms with Gasteiger partial charge in [0.2, 0.25) is 0 Å². The van der Waals surface area contributed by atoms with Gasteiger partial charge in [0.1, 0.15) is 0 Å². The molecule has 2 aliphatic heterocycles. The number of halogens is 1. The summed E-state index contributed by atoms with van der Waals surface area (Å²) >= 11 is 5.38. The molecule has 0 bridgehead atoms. The molecule has 0 saturated carbocycles. The first-order valence-corrected chi connectivity index (χ1v) is 8.28. The van der Waals surface area contributed by atoms with E-state index < -0.39 is 0 Å². The first-order valence-electron chi connectivity index (χ1n) is 6.60. The van der Waals surface area contributed by atoms with E-state index >= 15 is 0 Å². The lowest BCUT2D eigenvalue weighted by Gasteiger charge is -2.36. The molecule has 0 aliphatic carbocycles. The van der Waals surface area contributed by atoms with Crippen LogP contribution in [0.5, 0.6) is 0 Å². The number of anilines is 1. The van der Waals surface area contributed by atoms with E-state index in [9.17, 15) is 0 Å². The zero-order valence-corrected chi connectivity index (χ0v) is 13.1. The molecule has 1 aromatic rings. The molecular formula is C14H18BrNO2S. The highest BCUT2D eigenvalue weighted by Crippen LogP contribution is 2.41. The van der Waals surface area contributed by atoms with Gasteiger partial charge in [0.05, 0.1) is 12.2 Å². The zero-order chi connectivity index (χ0) is 13.3. The Morgan fingerprint density at radius 1 is 1.37 bits per heavy atom. The van der Waals surface area contributed by atoms with E-state index in [1.54, 1.807) is 0 Å². The summed E-state index contributed by atoms with van der Waals surface area (Å²) in [6, 6.07) is 6.04. The Bertz CT molecular complexity index is 463. The molecule has 2 fully saturated rings. The van der Waals surface area contributed by atoms with Crippen LogP contribution in [0.2, 0.25) is 0 Å². The van der Waals surface area contributed by atoms with E-state index in [0.29, 0.717) is 5.25 Å². The normalized spacial score (nSPS) is 30.9. The van der Waals surface area contributed by atoms with Crippen molar-refractivity contribution in [1.29, 1.82) is 0 Å². The number of thioether (sulfide) groups is 1. The number of hydrogen-bond donors (Lipinski definition) is 1. The van der Waals surface area contributed by atoms with Crippen molar-refractivity contribution in [3.8, 4) is 0 Å². The van der Waals surface area contributed by atoms with Gasteiger partial charge in [-0.25, -0.2) is 0 Å². The third-order valence-electron chi connectivity index (χ3n) is 3.78. The van der Waals surface area contributed by atoms with Gasteiger partial charge in [-0.2, -0.15) is 0 Å². The smallest absolute Gasteiger partial charge is 0.0947 e. The lowest BCUT2D eigenvalue weighted by molar-refractivity contribution is -0.0769. The summed E-state index contributed by atoms with van der Waals surface area (Å²) in [6.07, 6.45) is 3.17. The quantitative estimate of drug-likeness (QED) is 0.835. The van der Waals surface area contributed by atoms with Gasteiger partial charge in [-0.3, -0.25) is 0 Å². The minimum atomic E-state index is -0.0311. The molecule has 1 spiro atoms. The summed E-state index contributed by atoms with van der Waals surface area (Å²) < 4.78 is 12.6. The number of nitrogens with two attached hydrogens (primary N) is 1. The topological polar surface area (TPSA) is 44.5 Å². The molecule has 1 aromatic carbocycles. The summed E-state index contributed by atoms with van der Waals surface area (Å²) in [5.74, 6) is 0. The second kappa shape index (κ2) is 5.64. The fourth-order valence-electron chi connectivity index (χ4n) is 2.74. The van der Waals surface area contributed by atoms with Gasteiger partial charge in [0.15, 0.2) is 0 Å². The molecule has 0 amide bonds. The lowest BCUT2D eigenvalue weighted by atomic mass is 9.93. The highest BCUT2D eigenvalue weighted by molar-refractivity contribution is 9.10. The van der Waals surface area contributed by atoms with E-state index in [0.717, 1.165) is 54.1 Å². The van der Waals surface area contributed by atoms with Crippen LogP contribution in [-0.4, -0.2) is 30.7 Å². The average Bonchev–Trinajstić information content (AvgIpc) is 2.82. The van der Waals surface area contributed by atoms with Crippen molar-refractivity contribution < 1.29 is 9.47 Å². The Morgan fingerprint density at radius 3 is 3.05 bits per heavy atom. The van der Waals surface area contributed by atoms with Crippen molar-refractivity contribution in [3.63, 3.8) is 0 Å². The van der Waals surface area contributed by atoms with E-state index in [4.69, 9.17) is 15.2 Å². The molecule has 0 radical (unpaired) electrons. The lowest BCUT2D eigenvalue weighted by Crippen LogP contribution is -2.41. The van der Waals surface area contributed by atoms with Crippen molar-refractivity contribution in [2.75, 3.05) is 25.6 Å².